The van der Waals surface area contributed by atoms with Crippen LogP contribution >= 0.6 is 11.8 Å². The van der Waals surface area contributed by atoms with E-state index in [4.69, 9.17) is 14.2 Å². The third kappa shape index (κ3) is 6.79. The van der Waals surface area contributed by atoms with Crippen molar-refractivity contribution in [1.82, 2.24) is 19.7 Å². The van der Waals surface area contributed by atoms with Crippen LogP contribution < -0.4 is 24.8 Å². The summed E-state index contributed by atoms with van der Waals surface area (Å²) in [6.07, 6.45) is 3.27. The van der Waals surface area contributed by atoms with E-state index in [0.29, 0.717) is 39.6 Å². The predicted molar refractivity (Wildman–Crippen MR) is 144 cm³/mol. The summed E-state index contributed by atoms with van der Waals surface area (Å²) in [6, 6.07) is 15.7. The van der Waals surface area contributed by atoms with E-state index in [1.165, 1.54) is 23.6 Å². The Morgan fingerprint density at radius 3 is 2.26 bits per heavy atom. The number of aromatic nitrogens is 4. The largest absolute Gasteiger partial charge is 0.497 e. The van der Waals surface area contributed by atoms with Gasteiger partial charge in [-0.2, -0.15) is 0 Å². The predicted octanol–water partition coefficient (Wildman–Crippen LogP) is 3.74. The van der Waals surface area contributed by atoms with E-state index in [2.05, 4.69) is 25.7 Å². The summed E-state index contributed by atoms with van der Waals surface area (Å²) in [5.74, 6) is 1.66. The van der Waals surface area contributed by atoms with E-state index < -0.39 is 0 Å². The second kappa shape index (κ2) is 12.6. The van der Waals surface area contributed by atoms with Gasteiger partial charge in [0.25, 0.3) is 0 Å². The topological polar surface area (TPSA) is 129 Å². The van der Waals surface area contributed by atoms with Crippen molar-refractivity contribution in [1.29, 1.82) is 0 Å². The molecule has 0 aliphatic carbocycles. The van der Waals surface area contributed by atoms with Gasteiger partial charge >= 0.3 is 0 Å². The van der Waals surface area contributed by atoms with E-state index >= 15 is 0 Å². The fraction of sp³-hybridized carbons (Fsp3) is 0.192. The monoisotopic (exact) mass is 534 g/mol. The maximum absolute atomic E-state index is 12.9. The lowest BCUT2D eigenvalue weighted by atomic mass is 10.2. The number of methoxy groups -OCH3 is 3. The number of hydrogen-bond acceptors (Lipinski definition) is 9. The number of ether oxygens (including phenoxy) is 3. The third-order valence-corrected chi connectivity index (χ3v) is 6.23. The minimum absolute atomic E-state index is 0.0639. The number of nitrogens with zero attached hydrogens (tertiary/aromatic N) is 4. The number of pyridine rings is 1. The van der Waals surface area contributed by atoms with Crippen LogP contribution in [0.3, 0.4) is 0 Å². The minimum Gasteiger partial charge on any atom is -0.497 e. The summed E-state index contributed by atoms with van der Waals surface area (Å²) in [4.78, 5) is 34.1. The van der Waals surface area contributed by atoms with E-state index in [1.807, 2.05) is 0 Å². The molecule has 0 bridgehead atoms. The van der Waals surface area contributed by atoms with Crippen molar-refractivity contribution >= 4 is 35.0 Å². The average Bonchev–Trinajstić information content (AvgIpc) is 3.35. The van der Waals surface area contributed by atoms with Crippen molar-refractivity contribution in [3.63, 3.8) is 0 Å². The molecule has 2 amide bonds. The number of nitrogens with one attached hydrogen (secondary N) is 2. The van der Waals surface area contributed by atoms with Gasteiger partial charge in [-0.1, -0.05) is 11.8 Å². The molecule has 0 radical (unpaired) electrons. The summed E-state index contributed by atoms with van der Waals surface area (Å²) in [7, 11) is 4.64. The molecule has 0 saturated carbocycles. The van der Waals surface area contributed by atoms with Gasteiger partial charge in [0, 0.05) is 29.7 Å². The van der Waals surface area contributed by atoms with Gasteiger partial charge < -0.3 is 24.8 Å². The van der Waals surface area contributed by atoms with Crippen LogP contribution in [0.4, 0.5) is 11.4 Å². The molecule has 0 aliphatic heterocycles. The summed E-state index contributed by atoms with van der Waals surface area (Å²) in [5.41, 5.74) is 1.87. The van der Waals surface area contributed by atoms with Crippen molar-refractivity contribution in [3.05, 3.63) is 67.0 Å². The Morgan fingerprint density at radius 2 is 1.58 bits per heavy atom. The molecule has 0 fully saturated rings. The first-order valence-electron chi connectivity index (χ1n) is 11.4. The summed E-state index contributed by atoms with van der Waals surface area (Å²) in [5, 5.41) is 10.6. The molecule has 2 aromatic heterocycles. The van der Waals surface area contributed by atoms with Gasteiger partial charge in [0.05, 0.1) is 32.8 Å². The van der Waals surface area contributed by atoms with Crippen LogP contribution in [0, 0.1) is 0 Å². The zero-order valence-corrected chi connectivity index (χ0v) is 21.8. The highest BCUT2D eigenvalue weighted by Gasteiger charge is 2.18. The quantitative estimate of drug-likeness (QED) is 0.276. The van der Waals surface area contributed by atoms with Crippen LogP contribution in [0.25, 0.3) is 11.4 Å². The number of anilines is 2. The van der Waals surface area contributed by atoms with Crippen LogP contribution in [-0.2, 0) is 16.1 Å². The second-order valence-electron chi connectivity index (χ2n) is 7.79. The van der Waals surface area contributed by atoms with Crippen molar-refractivity contribution in [2.45, 2.75) is 11.7 Å². The molecule has 0 spiro atoms. The second-order valence-corrected chi connectivity index (χ2v) is 8.73. The van der Waals surface area contributed by atoms with Gasteiger partial charge in [-0.25, -0.2) is 9.67 Å². The number of carbonyl (C=O) groups excluding carboxylic acids is 2. The van der Waals surface area contributed by atoms with Crippen molar-refractivity contribution in [3.8, 4) is 28.6 Å². The first kappa shape index (κ1) is 26.5. The van der Waals surface area contributed by atoms with Crippen molar-refractivity contribution in [2.24, 2.45) is 0 Å². The summed E-state index contributed by atoms with van der Waals surface area (Å²) < 4.78 is 17.2. The third-order valence-electron chi connectivity index (χ3n) is 5.26. The molecular weight excluding hydrogens is 508 g/mol. The van der Waals surface area contributed by atoms with Gasteiger partial charge in [-0.3, -0.25) is 14.6 Å². The average molecular weight is 535 g/mol. The van der Waals surface area contributed by atoms with Crippen LogP contribution in [0.1, 0.15) is 0 Å². The van der Waals surface area contributed by atoms with Crippen LogP contribution in [0.15, 0.2) is 72.1 Å². The van der Waals surface area contributed by atoms with Gasteiger partial charge in [0.1, 0.15) is 23.8 Å². The van der Waals surface area contributed by atoms with Crippen LogP contribution in [0.2, 0.25) is 0 Å². The Kier molecular flexibility index (Phi) is 8.77. The fourth-order valence-electron chi connectivity index (χ4n) is 3.39. The van der Waals surface area contributed by atoms with E-state index in [9.17, 15) is 9.59 Å². The van der Waals surface area contributed by atoms with Crippen LogP contribution in [-0.4, -0.2) is 58.6 Å². The highest BCUT2D eigenvalue weighted by atomic mass is 32.2. The smallest absolute Gasteiger partial charge is 0.246 e. The fourth-order valence-corrected chi connectivity index (χ4v) is 4.13. The standard InChI is InChI=1S/C26H26N6O5S/c1-35-19-6-4-18(5-7-19)28-24(34)16-38-26-30-25(17-10-12-27-13-11-17)31-32(26)15-23(33)29-21-9-8-20(36-2)14-22(21)37-3/h4-14H,15-16H2,1-3H3,(H,28,34)(H,29,33). The summed E-state index contributed by atoms with van der Waals surface area (Å²) >= 11 is 1.17. The number of carbonyl (C=O) groups is 2. The maximum atomic E-state index is 12.9. The normalized spacial score (nSPS) is 10.5. The Balaban J connectivity index is 1.48. The highest BCUT2D eigenvalue weighted by molar-refractivity contribution is 7.99. The van der Waals surface area contributed by atoms with Gasteiger partial charge in [0.2, 0.25) is 11.8 Å². The highest BCUT2D eigenvalue weighted by Crippen LogP contribution is 2.29. The van der Waals surface area contributed by atoms with Crippen molar-refractivity contribution < 1.29 is 23.8 Å². The lowest BCUT2D eigenvalue weighted by Crippen LogP contribution is -2.21. The first-order chi connectivity index (χ1) is 18.5. The maximum Gasteiger partial charge on any atom is 0.246 e. The van der Waals surface area contributed by atoms with E-state index in [1.54, 1.807) is 81.2 Å². The molecule has 0 atom stereocenters. The van der Waals surface area contributed by atoms with Gasteiger partial charge in [-0.05, 0) is 48.5 Å². The molecule has 2 aromatic carbocycles. The molecule has 2 N–H and O–H groups in total. The van der Waals surface area contributed by atoms with E-state index in [0.717, 1.165) is 5.56 Å². The Labute approximate surface area is 223 Å². The lowest BCUT2D eigenvalue weighted by Gasteiger charge is -2.12. The Morgan fingerprint density at radius 1 is 0.868 bits per heavy atom. The number of thioether (sulfide) groups is 1. The molecular formula is C26H26N6O5S. The molecule has 2 heterocycles. The minimum atomic E-state index is -0.343. The summed E-state index contributed by atoms with van der Waals surface area (Å²) in [6.45, 7) is -0.129. The number of benzene rings is 2. The van der Waals surface area contributed by atoms with Gasteiger partial charge in [-0.15, -0.1) is 5.10 Å². The number of rotatable bonds is 11. The molecule has 0 unspecified atom stereocenters. The van der Waals surface area contributed by atoms with Crippen molar-refractivity contribution in [2.75, 3.05) is 37.7 Å². The Bertz CT molecular complexity index is 1400. The zero-order chi connectivity index (χ0) is 26.9. The molecule has 196 valence electrons. The first-order valence-corrected chi connectivity index (χ1v) is 12.4. The SMILES string of the molecule is COc1ccc(NC(=O)CSc2nc(-c3ccncc3)nn2CC(=O)Nc2ccc(OC)cc2OC)cc1. The number of hydrogen-bond donors (Lipinski definition) is 2. The molecule has 11 nitrogen and oxygen atoms in total. The Hall–Kier alpha value is -4.58. The number of amides is 2. The molecule has 38 heavy (non-hydrogen) atoms. The molecule has 0 saturated heterocycles. The van der Waals surface area contributed by atoms with E-state index in [-0.39, 0.29) is 24.1 Å². The van der Waals surface area contributed by atoms with Gasteiger partial charge in [0.15, 0.2) is 11.0 Å². The lowest BCUT2D eigenvalue weighted by molar-refractivity contribution is -0.117. The zero-order valence-electron chi connectivity index (χ0n) is 21.0. The molecule has 4 aromatic rings. The molecule has 12 heteroatoms. The molecule has 0 aliphatic rings. The molecule has 4 rings (SSSR count). The van der Waals surface area contributed by atoms with Crippen LogP contribution in [0.5, 0.6) is 17.2 Å².